The van der Waals surface area contributed by atoms with Crippen LogP contribution in [0.15, 0.2) is 48.8 Å². The second-order valence-electron chi connectivity index (χ2n) is 4.47. The molecule has 3 rings (SSSR count). The molecular weight excluding hydrogens is 275 g/mol. The van der Waals surface area contributed by atoms with Crippen molar-refractivity contribution in [2.75, 3.05) is 10.7 Å². The van der Waals surface area contributed by atoms with Gasteiger partial charge in [0.15, 0.2) is 0 Å². The molecule has 1 aromatic carbocycles. The number of carbonyl (C=O) groups excluding carboxylic acids is 1. The Hall–Kier alpha value is -1.88. The molecule has 0 bridgehead atoms. The number of hydrogen-bond acceptors (Lipinski definition) is 3. The summed E-state index contributed by atoms with van der Waals surface area (Å²) in [6, 6.07) is 10.1. The van der Waals surface area contributed by atoms with E-state index in [-0.39, 0.29) is 17.1 Å². The maximum absolute atomic E-state index is 14.0. The van der Waals surface area contributed by atoms with Crippen molar-refractivity contribution in [1.29, 1.82) is 0 Å². The summed E-state index contributed by atoms with van der Waals surface area (Å²) in [6.45, 7) is 0. The zero-order valence-electron chi connectivity index (χ0n) is 10.7. The van der Waals surface area contributed by atoms with Crippen molar-refractivity contribution in [3.05, 3.63) is 60.2 Å². The lowest BCUT2D eigenvalue weighted by atomic mass is 10.2. The Morgan fingerprint density at radius 3 is 2.85 bits per heavy atom. The molecule has 1 aromatic heterocycles. The molecule has 20 heavy (non-hydrogen) atoms. The minimum absolute atomic E-state index is 0.0531. The Bertz CT molecular complexity index is 620. The van der Waals surface area contributed by atoms with Crippen LogP contribution in [0.5, 0.6) is 0 Å². The lowest BCUT2D eigenvalue weighted by Crippen LogP contribution is -2.37. The Morgan fingerprint density at radius 1 is 1.25 bits per heavy atom. The first kappa shape index (κ1) is 13.1. The van der Waals surface area contributed by atoms with Crippen LogP contribution in [0.25, 0.3) is 0 Å². The summed E-state index contributed by atoms with van der Waals surface area (Å²) in [6.07, 6.45) is 3.84. The number of amides is 1. The summed E-state index contributed by atoms with van der Waals surface area (Å²) < 4.78 is 14.0. The number of halogens is 1. The van der Waals surface area contributed by atoms with E-state index in [2.05, 4.69) is 4.98 Å². The fraction of sp³-hybridized carbons (Fsp3) is 0.200. The molecule has 1 atom stereocenters. The van der Waals surface area contributed by atoms with Crippen LogP contribution in [0.1, 0.15) is 17.4 Å². The number of thioether (sulfide) groups is 1. The predicted molar refractivity (Wildman–Crippen MR) is 77.9 cm³/mol. The van der Waals surface area contributed by atoms with Gasteiger partial charge in [-0.3, -0.25) is 14.7 Å². The van der Waals surface area contributed by atoms with E-state index >= 15 is 0 Å². The standard InChI is InChI=1S/C15H13FN2OS/c16-12-5-1-2-6-13(12)18-14(19)7-9-20-15(18)11-4-3-8-17-10-11/h1-6,8,10,15H,7,9H2. The molecule has 2 heterocycles. The van der Waals surface area contributed by atoms with Gasteiger partial charge in [-0.15, -0.1) is 11.8 Å². The molecule has 1 fully saturated rings. The molecule has 5 heteroatoms. The molecule has 0 radical (unpaired) electrons. The van der Waals surface area contributed by atoms with Crippen LogP contribution in [0.4, 0.5) is 10.1 Å². The molecule has 102 valence electrons. The van der Waals surface area contributed by atoms with E-state index < -0.39 is 0 Å². The molecule has 1 amide bonds. The highest BCUT2D eigenvalue weighted by molar-refractivity contribution is 7.99. The third kappa shape index (κ3) is 2.41. The highest BCUT2D eigenvalue weighted by atomic mass is 32.2. The number of para-hydroxylation sites is 1. The first-order valence-corrected chi connectivity index (χ1v) is 7.40. The van der Waals surface area contributed by atoms with Gasteiger partial charge in [0.1, 0.15) is 11.2 Å². The molecule has 0 saturated carbocycles. The van der Waals surface area contributed by atoms with Crippen LogP contribution in [0.2, 0.25) is 0 Å². The number of aromatic nitrogens is 1. The van der Waals surface area contributed by atoms with Crippen LogP contribution in [0.3, 0.4) is 0 Å². The van der Waals surface area contributed by atoms with E-state index in [1.54, 1.807) is 47.3 Å². The van der Waals surface area contributed by atoms with Crippen molar-refractivity contribution in [1.82, 2.24) is 4.98 Å². The van der Waals surface area contributed by atoms with E-state index in [0.29, 0.717) is 12.1 Å². The molecule has 0 N–H and O–H groups in total. The molecule has 1 aliphatic rings. The molecule has 1 aliphatic heterocycles. The Labute approximate surface area is 120 Å². The van der Waals surface area contributed by atoms with E-state index in [0.717, 1.165) is 11.3 Å². The van der Waals surface area contributed by atoms with Gasteiger partial charge in [0.2, 0.25) is 5.91 Å². The second-order valence-corrected chi connectivity index (χ2v) is 5.66. The maximum atomic E-state index is 14.0. The number of benzene rings is 1. The van der Waals surface area contributed by atoms with Gasteiger partial charge in [-0.05, 0) is 18.2 Å². The van der Waals surface area contributed by atoms with Gasteiger partial charge in [-0.2, -0.15) is 0 Å². The van der Waals surface area contributed by atoms with Crippen LogP contribution in [-0.4, -0.2) is 16.6 Å². The fourth-order valence-electron chi connectivity index (χ4n) is 2.26. The Balaban J connectivity index is 2.04. The highest BCUT2D eigenvalue weighted by Gasteiger charge is 2.32. The summed E-state index contributed by atoms with van der Waals surface area (Å²) in [4.78, 5) is 17.9. The molecule has 1 unspecified atom stereocenters. The van der Waals surface area contributed by atoms with E-state index in [9.17, 15) is 9.18 Å². The summed E-state index contributed by atoms with van der Waals surface area (Å²) >= 11 is 1.63. The van der Waals surface area contributed by atoms with Crippen LogP contribution in [-0.2, 0) is 4.79 Å². The number of anilines is 1. The van der Waals surface area contributed by atoms with Gasteiger partial charge in [-0.1, -0.05) is 18.2 Å². The molecule has 0 aliphatic carbocycles. The third-order valence-corrected chi connectivity index (χ3v) is 4.41. The summed E-state index contributed by atoms with van der Waals surface area (Å²) in [5.74, 6) is 0.309. The van der Waals surface area contributed by atoms with Gasteiger partial charge in [0.25, 0.3) is 0 Å². The number of pyridine rings is 1. The van der Waals surface area contributed by atoms with Gasteiger partial charge in [-0.25, -0.2) is 4.39 Å². The van der Waals surface area contributed by atoms with Crippen molar-refractivity contribution in [2.45, 2.75) is 11.8 Å². The molecule has 1 saturated heterocycles. The van der Waals surface area contributed by atoms with Crippen molar-refractivity contribution < 1.29 is 9.18 Å². The van der Waals surface area contributed by atoms with E-state index in [1.165, 1.54) is 6.07 Å². The Kier molecular flexibility index (Phi) is 3.69. The molecule has 2 aromatic rings. The summed E-state index contributed by atoms with van der Waals surface area (Å²) in [5.41, 5.74) is 1.24. The van der Waals surface area contributed by atoms with Gasteiger partial charge in [0.05, 0.1) is 5.69 Å². The highest BCUT2D eigenvalue weighted by Crippen LogP contribution is 2.40. The predicted octanol–water partition coefficient (Wildman–Crippen LogP) is 3.39. The maximum Gasteiger partial charge on any atom is 0.229 e. The van der Waals surface area contributed by atoms with Gasteiger partial charge in [0, 0.05) is 30.1 Å². The van der Waals surface area contributed by atoms with Crippen molar-refractivity contribution in [3.8, 4) is 0 Å². The average Bonchev–Trinajstić information content (AvgIpc) is 2.49. The van der Waals surface area contributed by atoms with Crippen molar-refractivity contribution in [2.24, 2.45) is 0 Å². The summed E-state index contributed by atoms with van der Waals surface area (Å²) in [7, 11) is 0. The number of nitrogens with zero attached hydrogens (tertiary/aromatic N) is 2. The first-order valence-electron chi connectivity index (χ1n) is 6.35. The van der Waals surface area contributed by atoms with E-state index in [1.807, 2.05) is 12.1 Å². The minimum Gasteiger partial charge on any atom is -0.293 e. The monoisotopic (exact) mass is 288 g/mol. The normalized spacial score (nSPS) is 19.1. The number of rotatable bonds is 2. The SMILES string of the molecule is O=C1CCSC(c2cccnc2)N1c1ccccc1F. The summed E-state index contributed by atoms with van der Waals surface area (Å²) in [5, 5.41) is -0.221. The van der Waals surface area contributed by atoms with Crippen LogP contribution >= 0.6 is 11.8 Å². The quantitative estimate of drug-likeness (QED) is 0.849. The topological polar surface area (TPSA) is 33.2 Å². The third-order valence-electron chi connectivity index (χ3n) is 3.18. The Morgan fingerprint density at radius 2 is 2.10 bits per heavy atom. The van der Waals surface area contributed by atoms with Crippen LogP contribution in [0, 0.1) is 5.82 Å². The zero-order valence-corrected chi connectivity index (χ0v) is 11.5. The lowest BCUT2D eigenvalue weighted by molar-refractivity contribution is -0.118. The zero-order chi connectivity index (χ0) is 13.9. The first-order chi connectivity index (χ1) is 9.77. The number of hydrogen-bond donors (Lipinski definition) is 0. The fourth-order valence-corrected chi connectivity index (χ4v) is 3.49. The van der Waals surface area contributed by atoms with Gasteiger partial charge >= 0.3 is 0 Å². The molecular formula is C15H13FN2OS. The van der Waals surface area contributed by atoms with Crippen molar-refractivity contribution >= 4 is 23.4 Å². The smallest absolute Gasteiger partial charge is 0.229 e. The lowest BCUT2D eigenvalue weighted by Gasteiger charge is -2.35. The second kappa shape index (κ2) is 5.63. The van der Waals surface area contributed by atoms with E-state index in [4.69, 9.17) is 0 Å². The molecule has 0 spiro atoms. The average molecular weight is 288 g/mol. The van der Waals surface area contributed by atoms with Crippen LogP contribution < -0.4 is 4.90 Å². The minimum atomic E-state index is -0.378. The largest absolute Gasteiger partial charge is 0.293 e. The molecule has 3 nitrogen and oxygen atoms in total. The number of carbonyl (C=O) groups is 1. The van der Waals surface area contributed by atoms with Crippen molar-refractivity contribution in [3.63, 3.8) is 0 Å². The van der Waals surface area contributed by atoms with Gasteiger partial charge < -0.3 is 0 Å².